The van der Waals surface area contributed by atoms with E-state index < -0.39 is 5.97 Å². The first-order valence-electron chi connectivity index (χ1n) is 6.77. The standard InChI is InChI=1S/C15H19NO3S/c1-16(14(17)13-7-4-10-20-13)9-8-11-5-2-3-6-12(11)15(18)19/h2-3,5-6,13H,4,7-10H2,1H3,(H,18,19). The Morgan fingerprint density at radius 3 is 2.80 bits per heavy atom. The second kappa shape index (κ2) is 6.79. The number of carbonyl (C=O) groups is 2. The van der Waals surface area contributed by atoms with Crippen LogP contribution in [0.25, 0.3) is 0 Å². The van der Waals surface area contributed by atoms with Gasteiger partial charge in [-0.3, -0.25) is 4.79 Å². The molecule has 4 nitrogen and oxygen atoms in total. The van der Waals surface area contributed by atoms with E-state index in [9.17, 15) is 9.59 Å². The third-order valence-electron chi connectivity index (χ3n) is 3.55. The average molecular weight is 293 g/mol. The third-order valence-corrected chi connectivity index (χ3v) is 4.91. The normalized spacial score (nSPS) is 17.9. The van der Waals surface area contributed by atoms with Gasteiger partial charge < -0.3 is 10.0 Å². The largest absolute Gasteiger partial charge is 0.478 e. The molecular weight excluding hydrogens is 274 g/mol. The predicted molar refractivity (Wildman–Crippen MR) is 80.2 cm³/mol. The van der Waals surface area contributed by atoms with Crippen molar-refractivity contribution in [3.8, 4) is 0 Å². The van der Waals surface area contributed by atoms with Gasteiger partial charge in [-0.05, 0) is 36.6 Å². The van der Waals surface area contributed by atoms with Crippen LogP contribution in [-0.4, -0.2) is 46.5 Å². The van der Waals surface area contributed by atoms with Crippen molar-refractivity contribution in [1.29, 1.82) is 0 Å². The molecule has 0 radical (unpaired) electrons. The van der Waals surface area contributed by atoms with Crippen molar-refractivity contribution in [2.75, 3.05) is 19.3 Å². The minimum absolute atomic E-state index is 0.0923. The summed E-state index contributed by atoms with van der Waals surface area (Å²) in [6.07, 6.45) is 2.64. The van der Waals surface area contributed by atoms with E-state index in [2.05, 4.69) is 0 Å². The second-order valence-corrected chi connectivity index (χ2v) is 6.28. The summed E-state index contributed by atoms with van der Waals surface area (Å²) in [5.74, 6) is 0.313. The highest BCUT2D eigenvalue weighted by Gasteiger charge is 2.26. The molecule has 5 heteroatoms. The highest BCUT2D eigenvalue weighted by Crippen LogP contribution is 2.27. The van der Waals surface area contributed by atoms with Crippen LogP contribution < -0.4 is 0 Å². The Kier molecular flexibility index (Phi) is 5.06. The number of benzene rings is 1. The summed E-state index contributed by atoms with van der Waals surface area (Å²) in [5.41, 5.74) is 1.10. The highest BCUT2D eigenvalue weighted by molar-refractivity contribution is 8.00. The number of nitrogens with zero attached hydrogens (tertiary/aromatic N) is 1. The minimum atomic E-state index is -0.916. The number of amides is 1. The predicted octanol–water partition coefficient (Wildman–Crippen LogP) is 2.28. The molecule has 0 aliphatic carbocycles. The first-order chi connectivity index (χ1) is 9.59. The molecule has 1 unspecified atom stereocenters. The maximum atomic E-state index is 12.2. The van der Waals surface area contributed by atoms with Gasteiger partial charge in [-0.1, -0.05) is 18.2 Å². The summed E-state index contributed by atoms with van der Waals surface area (Å²) in [6.45, 7) is 0.556. The van der Waals surface area contributed by atoms with Gasteiger partial charge in [-0.25, -0.2) is 4.79 Å². The maximum absolute atomic E-state index is 12.2. The molecule has 1 saturated heterocycles. The number of carboxylic acids is 1. The van der Waals surface area contributed by atoms with Crippen LogP contribution in [0.15, 0.2) is 24.3 Å². The van der Waals surface area contributed by atoms with Crippen molar-refractivity contribution in [2.45, 2.75) is 24.5 Å². The van der Waals surface area contributed by atoms with Crippen molar-refractivity contribution < 1.29 is 14.7 Å². The van der Waals surface area contributed by atoms with Gasteiger partial charge in [0, 0.05) is 13.6 Å². The number of hydrogen-bond donors (Lipinski definition) is 1. The number of aromatic carboxylic acids is 1. The molecule has 1 fully saturated rings. The van der Waals surface area contributed by atoms with Gasteiger partial charge in [0.15, 0.2) is 0 Å². The fourth-order valence-electron chi connectivity index (χ4n) is 2.36. The molecule has 1 atom stereocenters. The van der Waals surface area contributed by atoms with E-state index in [0.717, 1.165) is 24.2 Å². The first-order valence-corrected chi connectivity index (χ1v) is 7.82. The quantitative estimate of drug-likeness (QED) is 0.905. The molecule has 0 spiro atoms. The summed E-state index contributed by atoms with van der Waals surface area (Å²) < 4.78 is 0. The van der Waals surface area contributed by atoms with Crippen molar-refractivity contribution in [3.05, 3.63) is 35.4 Å². The zero-order chi connectivity index (χ0) is 14.5. The Bertz CT molecular complexity index is 498. The van der Waals surface area contributed by atoms with Crippen LogP contribution in [0.2, 0.25) is 0 Å². The Morgan fingerprint density at radius 2 is 2.15 bits per heavy atom. The summed E-state index contributed by atoms with van der Waals surface area (Å²) >= 11 is 1.72. The Hall–Kier alpha value is -1.49. The molecule has 1 N–H and O–H groups in total. The Balaban J connectivity index is 1.94. The van der Waals surface area contributed by atoms with E-state index in [1.165, 1.54) is 0 Å². The van der Waals surface area contributed by atoms with Crippen LogP contribution in [0.5, 0.6) is 0 Å². The van der Waals surface area contributed by atoms with Crippen molar-refractivity contribution in [2.24, 2.45) is 0 Å². The molecule has 0 bridgehead atoms. The van der Waals surface area contributed by atoms with Crippen LogP contribution >= 0.6 is 11.8 Å². The Labute approximate surface area is 123 Å². The molecule has 1 heterocycles. The van der Waals surface area contributed by atoms with Gasteiger partial charge in [0.1, 0.15) is 0 Å². The minimum Gasteiger partial charge on any atom is -0.478 e. The van der Waals surface area contributed by atoms with Crippen LogP contribution in [0.3, 0.4) is 0 Å². The number of hydrogen-bond acceptors (Lipinski definition) is 3. The lowest BCUT2D eigenvalue weighted by atomic mass is 10.0. The molecule has 0 saturated carbocycles. The lowest BCUT2D eigenvalue weighted by Crippen LogP contribution is -2.35. The maximum Gasteiger partial charge on any atom is 0.335 e. The molecule has 1 amide bonds. The molecule has 1 aliphatic heterocycles. The zero-order valence-electron chi connectivity index (χ0n) is 11.5. The number of likely N-dealkylation sites (N-methyl/N-ethyl adjacent to an activating group) is 1. The summed E-state index contributed by atoms with van der Waals surface area (Å²) in [5, 5.41) is 9.22. The monoisotopic (exact) mass is 293 g/mol. The zero-order valence-corrected chi connectivity index (χ0v) is 12.4. The molecule has 0 aromatic heterocycles. The van der Waals surface area contributed by atoms with Crippen LogP contribution in [-0.2, 0) is 11.2 Å². The van der Waals surface area contributed by atoms with Crippen LogP contribution in [0.1, 0.15) is 28.8 Å². The number of thioether (sulfide) groups is 1. The number of carboxylic acid groups (broad SMARTS) is 1. The fraction of sp³-hybridized carbons (Fsp3) is 0.467. The smallest absolute Gasteiger partial charge is 0.335 e. The molecule has 108 valence electrons. The van der Waals surface area contributed by atoms with Gasteiger partial charge in [-0.15, -0.1) is 11.8 Å². The summed E-state index contributed by atoms with van der Waals surface area (Å²) in [6, 6.07) is 6.96. The van der Waals surface area contributed by atoms with E-state index >= 15 is 0 Å². The van der Waals surface area contributed by atoms with Gasteiger partial charge in [0.25, 0.3) is 0 Å². The molecule has 1 aromatic carbocycles. The molecular formula is C15H19NO3S. The van der Waals surface area contributed by atoms with Crippen molar-refractivity contribution in [1.82, 2.24) is 4.90 Å². The number of carbonyl (C=O) groups excluding carboxylic acids is 1. The van der Waals surface area contributed by atoms with Gasteiger partial charge in [0.2, 0.25) is 5.91 Å². The molecule has 20 heavy (non-hydrogen) atoms. The highest BCUT2D eigenvalue weighted by atomic mass is 32.2. The second-order valence-electron chi connectivity index (χ2n) is 4.97. The molecule has 1 aromatic rings. The lowest BCUT2D eigenvalue weighted by Gasteiger charge is -2.20. The van der Waals surface area contributed by atoms with E-state index in [0.29, 0.717) is 18.5 Å². The third kappa shape index (κ3) is 3.54. The van der Waals surface area contributed by atoms with E-state index in [1.54, 1.807) is 35.8 Å². The lowest BCUT2D eigenvalue weighted by molar-refractivity contribution is -0.129. The van der Waals surface area contributed by atoms with Crippen LogP contribution in [0.4, 0.5) is 0 Å². The van der Waals surface area contributed by atoms with Crippen molar-refractivity contribution in [3.63, 3.8) is 0 Å². The average Bonchev–Trinajstić information content (AvgIpc) is 2.98. The van der Waals surface area contributed by atoms with Gasteiger partial charge >= 0.3 is 5.97 Å². The Morgan fingerprint density at radius 1 is 1.40 bits per heavy atom. The fourth-order valence-corrected chi connectivity index (χ4v) is 3.64. The van der Waals surface area contributed by atoms with E-state index in [4.69, 9.17) is 5.11 Å². The SMILES string of the molecule is CN(CCc1ccccc1C(=O)O)C(=O)C1CCCS1. The van der Waals surface area contributed by atoms with Crippen LogP contribution in [0, 0.1) is 0 Å². The topological polar surface area (TPSA) is 57.6 Å². The van der Waals surface area contributed by atoms with Gasteiger partial charge in [-0.2, -0.15) is 0 Å². The van der Waals surface area contributed by atoms with E-state index in [1.807, 2.05) is 12.1 Å². The summed E-state index contributed by atoms with van der Waals surface area (Å²) in [4.78, 5) is 25.0. The molecule has 2 rings (SSSR count). The van der Waals surface area contributed by atoms with E-state index in [-0.39, 0.29) is 11.2 Å². The number of rotatable bonds is 5. The van der Waals surface area contributed by atoms with Gasteiger partial charge in [0.05, 0.1) is 10.8 Å². The van der Waals surface area contributed by atoms with Crippen molar-refractivity contribution >= 4 is 23.6 Å². The molecule has 1 aliphatic rings. The summed E-state index contributed by atoms with van der Waals surface area (Å²) in [7, 11) is 1.80. The first kappa shape index (κ1) is 14.9.